The van der Waals surface area contributed by atoms with E-state index in [0.717, 1.165) is 31.5 Å². The molecule has 0 unspecified atom stereocenters. The van der Waals surface area contributed by atoms with Crippen molar-refractivity contribution in [3.8, 4) is 0 Å². The van der Waals surface area contributed by atoms with Crippen molar-refractivity contribution in [2.45, 2.75) is 31.3 Å². The van der Waals surface area contributed by atoms with E-state index < -0.39 is 6.04 Å². The van der Waals surface area contributed by atoms with Crippen molar-refractivity contribution in [3.63, 3.8) is 0 Å². The van der Waals surface area contributed by atoms with Gasteiger partial charge in [0.2, 0.25) is 5.91 Å². The van der Waals surface area contributed by atoms with Crippen LogP contribution in [0.15, 0.2) is 30.3 Å². The van der Waals surface area contributed by atoms with Gasteiger partial charge in [0.25, 0.3) is 0 Å². The van der Waals surface area contributed by atoms with Crippen LogP contribution in [0.4, 0.5) is 0 Å². The van der Waals surface area contributed by atoms with E-state index in [1.807, 2.05) is 35.2 Å². The molecule has 2 atom stereocenters. The summed E-state index contributed by atoms with van der Waals surface area (Å²) in [5.41, 5.74) is 7.22. The summed E-state index contributed by atoms with van der Waals surface area (Å²) in [6, 6.07) is 10.0. The Morgan fingerprint density at radius 3 is 2.75 bits per heavy atom. The Kier molecular flexibility index (Phi) is 5.15. The zero-order valence-corrected chi connectivity index (χ0v) is 12.5. The van der Waals surface area contributed by atoms with E-state index in [2.05, 4.69) is 19.0 Å². The Morgan fingerprint density at radius 2 is 2.10 bits per heavy atom. The van der Waals surface area contributed by atoms with Crippen molar-refractivity contribution >= 4 is 5.91 Å². The first-order valence-electron chi connectivity index (χ1n) is 7.32. The molecule has 0 aromatic heterocycles. The van der Waals surface area contributed by atoms with Crippen molar-refractivity contribution in [1.29, 1.82) is 0 Å². The van der Waals surface area contributed by atoms with Crippen LogP contribution >= 0.6 is 0 Å². The van der Waals surface area contributed by atoms with Crippen LogP contribution in [-0.2, 0) is 11.2 Å². The highest BCUT2D eigenvalue weighted by atomic mass is 16.2. The molecule has 4 nitrogen and oxygen atoms in total. The van der Waals surface area contributed by atoms with Crippen molar-refractivity contribution in [2.24, 2.45) is 5.73 Å². The predicted octanol–water partition coefficient (Wildman–Crippen LogP) is 1.11. The highest BCUT2D eigenvalue weighted by molar-refractivity contribution is 5.82. The lowest BCUT2D eigenvalue weighted by molar-refractivity contribution is -0.134. The Bertz CT molecular complexity index is 433. The third-order valence-corrected chi connectivity index (χ3v) is 4.05. The number of amides is 1. The van der Waals surface area contributed by atoms with Gasteiger partial charge in [-0.2, -0.15) is 0 Å². The molecule has 2 N–H and O–H groups in total. The van der Waals surface area contributed by atoms with Gasteiger partial charge in [-0.15, -0.1) is 0 Å². The normalized spacial score (nSPS) is 21.0. The molecule has 1 heterocycles. The van der Waals surface area contributed by atoms with Gasteiger partial charge in [-0.3, -0.25) is 4.79 Å². The number of carbonyl (C=O) groups is 1. The third-order valence-electron chi connectivity index (χ3n) is 4.05. The molecule has 0 spiro atoms. The monoisotopic (exact) mass is 275 g/mol. The predicted molar refractivity (Wildman–Crippen MR) is 81.4 cm³/mol. The van der Waals surface area contributed by atoms with Gasteiger partial charge in [-0.05, 0) is 38.9 Å². The summed E-state index contributed by atoms with van der Waals surface area (Å²) in [4.78, 5) is 16.6. The SMILES string of the molecule is CN(C)[C@H]1CCCN(C(=O)[C@@H](N)Cc2ccccc2)C1. The summed E-state index contributed by atoms with van der Waals surface area (Å²) in [6.07, 6.45) is 2.83. The van der Waals surface area contributed by atoms with Crippen molar-refractivity contribution < 1.29 is 4.79 Å². The lowest BCUT2D eigenvalue weighted by Crippen LogP contribution is -2.52. The second-order valence-electron chi connectivity index (χ2n) is 5.84. The van der Waals surface area contributed by atoms with Gasteiger partial charge in [0.15, 0.2) is 0 Å². The number of likely N-dealkylation sites (tertiary alicyclic amines) is 1. The highest BCUT2D eigenvalue weighted by Crippen LogP contribution is 2.15. The Balaban J connectivity index is 1.93. The maximum atomic E-state index is 12.5. The second-order valence-corrected chi connectivity index (χ2v) is 5.84. The van der Waals surface area contributed by atoms with E-state index in [4.69, 9.17) is 5.73 Å². The van der Waals surface area contributed by atoms with E-state index >= 15 is 0 Å². The van der Waals surface area contributed by atoms with Crippen LogP contribution in [0.2, 0.25) is 0 Å². The Morgan fingerprint density at radius 1 is 1.40 bits per heavy atom. The highest BCUT2D eigenvalue weighted by Gasteiger charge is 2.27. The molecule has 1 aliphatic rings. The minimum Gasteiger partial charge on any atom is -0.340 e. The van der Waals surface area contributed by atoms with Crippen LogP contribution in [0.5, 0.6) is 0 Å². The van der Waals surface area contributed by atoms with E-state index in [0.29, 0.717) is 12.5 Å². The van der Waals surface area contributed by atoms with Crippen LogP contribution in [0.3, 0.4) is 0 Å². The fraction of sp³-hybridized carbons (Fsp3) is 0.562. The summed E-state index contributed by atoms with van der Waals surface area (Å²) < 4.78 is 0. The molecule has 0 bridgehead atoms. The van der Waals surface area contributed by atoms with Gasteiger partial charge in [0.1, 0.15) is 0 Å². The summed E-state index contributed by atoms with van der Waals surface area (Å²) >= 11 is 0. The average Bonchev–Trinajstić information content (AvgIpc) is 2.47. The Hall–Kier alpha value is -1.39. The smallest absolute Gasteiger partial charge is 0.239 e. The topological polar surface area (TPSA) is 49.6 Å². The average molecular weight is 275 g/mol. The van der Waals surface area contributed by atoms with Gasteiger partial charge in [0.05, 0.1) is 6.04 Å². The first-order valence-corrected chi connectivity index (χ1v) is 7.32. The number of benzene rings is 1. The summed E-state index contributed by atoms with van der Waals surface area (Å²) in [7, 11) is 4.14. The van der Waals surface area contributed by atoms with Gasteiger partial charge in [-0.1, -0.05) is 30.3 Å². The molecule has 2 rings (SSSR count). The standard InChI is InChI=1S/C16H25N3O/c1-18(2)14-9-6-10-19(12-14)16(20)15(17)11-13-7-4-3-5-8-13/h3-5,7-8,14-15H,6,9-12,17H2,1-2H3/t14-,15-/m0/s1. The molecule has 1 saturated heterocycles. The summed E-state index contributed by atoms with van der Waals surface area (Å²) in [6.45, 7) is 1.64. The number of likely N-dealkylation sites (N-methyl/N-ethyl adjacent to an activating group) is 1. The van der Waals surface area contributed by atoms with E-state index in [1.54, 1.807) is 0 Å². The molecule has 1 amide bonds. The number of carbonyl (C=O) groups excluding carboxylic acids is 1. The van der Waals surface area contributed by atoms with Crippen LogP contribution in [-0.4, -0.2) is 55.0 Å². The molecule has 1 fully saturated rings. The molecule has 0 aliphatic carbocycles. The zero-order chi connectivity index (χ0) is 14.5. The van der Waals surface area contributed by atoms with Crippen molar-refractivity contribution in [3.05, 3.63) is 35.9 Å². The number of piperidine rings is 1. The van der Waals surface area contributed by atoms with Gasteiger partial charge in [-0.25, -0.2) is 0 Å². The van der Waals surface area contributed by atoms with Crippen molar-refractivity contribution in [2.75, 3.05) is 27.2 Å². The summed E-state index contributed by atoms with van der Waals surface area (Å²) in [5.74, 6) is 0.0837. The largest absolute Gasteiger partial charge is 0.340 e. The molecule has 110 valence electrons. The molecule has 20 heavy (non-hydrogen) atoms. The second kappa shape index (κ2) is 6.86. The fourth-order valence-electron chi connectivity index (χ4n) is 2.77. The third kappa shape index (κ3) is 3.81. The number of hydrogen-bond acceptors (Lipinski definition) is 3. The zero-order valence-electron chi connectivity index (χ0n) is 12.5. The molecular weight excluding hydrogens is 250 g/mol. The molecule has 1 aromatic carbocycles. The van der Waals surface area contributed by atoms with Gasteiger partial charge in [0, 0.05) is 19.1 Å². The van der Waals surface area contributed by atoms with E-state index in [9.17, 15) is 4.79 Å². The Labute approximate surface area is 121 Å². The molecule has 1 aliphatic heterocycles. The maximum Gasteiger partial charge on any atom is 0.239 e. The molecule has 1 aromatic rings. The lowest BCUT2D eigenvalue weighted by Gasteiger charge is -2.37. The molecular formula is C16H25N3O. The van der Waals surface area contributed by atoms with Crippen LogP contribution < -0.4 is 5.73 Å². The van der Waals surface area contributed by atoms with Crippen LogP contribution in [0, 0.1) is 0 Å². The molecule has 4 heteroatoms. The number of nitrogens with zero attached hydrogens (tertiary/aromatic N) is 2. The number of hydrogen-bond donors (Lipinski definition) is 1. The minimum atomic E-state index is -0.432. The van der Waals surface area contributed by atoms with Crippen LogP contribution in [0.25, 0.3) is 0 Å². The molecule has 0 saturated carbocycles. The van der Waals surface area contributed by atoms with E-state index in [-0.39, 0.29) is 5.91 Å². The van der Waals surface area contributed by atoms with Gasteiger partial charge >= 0.3 is 0 Å². The van der Waals surface area contributed by atoms with Gasteiger partial charge < -0.3 is 15.5 Å². The fourth-order valence-corrected chi connectivity index (χ4v) is 2.77. The molecule has 0 radical (unpaired) electrons. The number of nitrogens with two attached hydrogens (primary N) is 1. The van der Waals surface area contributed by atoms with E-state index in [1.165, 1.54) is 0 Å². The minimum absolute atomic E-state index is 0.0837. The van der Waals surface area contributed by atoms with Crippen molar-refractivity contribution in [1.82, 2.24) is 9.80 Å². The lowest BCUT2D eigenvalue weighted by atomic mass is 10.0. The summed E-state index contributed by atoms with van der Waals surface area (Å²) in [5, 5.41) is 0. The van der Waals surface area contributed by atoms with Crippen LogP contribution in [0.1, 0.15) is 18.4 Å². The quantitative estimate of drug-likeness (QED) is 0.895. The first kappa shape index (κ1) is 15.0. The maximum absolute atomic E-state index is 12.5. The number of rotatable bonds is 4. The first-order chi connectivity index (χ1) is 9.58.